The number of pyridine rings is 1. The Morgan fingerprint density at radius 1 is 1.20 bits per heavy atom. The van der Waals surface area contributed by atoms with Gasteiger partial charge in [-0.2, -0.15) is 0 Å². The molecule has 0 saturated heterocycles. The van der Waals surface area contributed by atoms with Crippen LogP contribution in [0.15, 0.2) is 53.3 Å². The number of ether oxygens (including phenoxy) is 1. The Morgan fingerprint density at radius 3 is 2.72 bits per heavy atom. The van der Waals surface area contributed by atoms with Gasteiger partial charge in [0.05, 0.1) is 17.7 Å². The predicted octanol–water partition coefficient (Wildman–Crippen LogP) is 4.14. The molecule has 0 unspecified atom stereocenters. The molecule has 3 aromatic rings. The number of fused-ring (bicyclic) bond motifs is 5. The molecule has 2 heterocycles. The molecule has 5 rings (SSSR count). The van der Waals surface area contributed by atoms with Crippen molar-refractivity contribution in [2.45, 2.75) is 12.3 Å². The maximum atomic E-state index is 13.3. The Morgan fingerprint density at radius 2 is 1.96 bits per heavy atom. The Hall–Kier alpha value is -2.26. The highest BCUT2D eigenvalue weighted by Gasteiger charge is 2.68. The predicted molar refractivity (Wildman–Crippen MR) is 99.6 cm³/mol. The van der Waals surface area contributed by atoms with E-state index in [1.165, 1.54) is 5.56 Å². The summed E-state index contributed by atoms with van der Waals surface area (Å²) in [5.74, 6) is 1.43. The van der Waals surface area contributed by atoms with Crippen molar-refractivity contribution in [1.29, 1.82) is 0 Å². The highest BCUT2D eigenvalue weighted by Crippen LogP contribution is 2.67. The third-order valence-corrected chi connectivity index (χ3v) is 6.42. The lowest BCUT2D eigenvalue weighted by atomic mass is 9.82. The second kappa shape index (κ2) is 4.89. The summed E-state index contributed by atoms with van der Waals surface area (Å²) in [6.07, 6.45) is 0. The summed E-state index contributed by atoms with van der Waals surface area (Å²) in [6, 6.07) is 16.0. The second-order valence-corrected chi connectivity index (χ2v) is 7.61. The smallest absolute Gasteiger partial charge is 0.258 e. The van der Waals surface area contributed by atoms with E-state index in [0.717, 1.165) is 16.5 Å². The molecule has 1 aliphatic carbocycles. The van der Waals surface area contributed by atoms with Crippen LogP contribution >= 0.6 is 11.6 Å². The van der Waals surface area contributed by atoms with Crippen LogP contribution in [0.2, 0.25) is 5.02 Å². The van der Waals surface area contributed by atoms with Crippen molar-refractivity contribution in [1.82, 2.24) is 4.57 Å². The summed E-state index contributed by atoms with van der Waals surface area (Å²) in [6.45, 7) is 2.86. The van der Waals surface area contributed by atoms with Crippen molar-refractivity contribution in [3.63, 3.8) is 0 Å². The van der Waals surface area contributed by atoms with Crippen LogP contribution in [0, 0.1) is 11.8 Å². The molecule has 4 heteroatoms. The van der Waals surface area contributed by atoms with Crippen LogP contribution in [0.5, 0.6) is 5.75 Å². The molecule has 1 saturated carbocycles. The molecule has 0 radical (unpaired) electrons. The lowest BCUT2D eigenvalue weighted by Crippen LogP contribution is -2.34. The summed E-state index contributed by atoms with van der Waals surface area (Å²) in [4.78, 5) is 13.3. The largest absolute Gasteiger partial charge is 0.492 e. The van der Waals surface area contributed by atoms with Gasteiger partial charge < -0.3 is 9.30 Å². The lowest BCUT2D eigenvalue weighted by Gasteiger charge is -2.28. The van der Waals surface area contributed by atoms with Crippen molar-refractivity contribution in [3.05, 3.63) is 75.0 Å². The number of nitrogens with zero attached hydrogens (tertiary/aromatic N) is 1. The van der Waals surface area contributed by atoms with Crippen LogP contribution < -0.4 is 10.3 Å². The number of benzene rings is 2. The maximum absolute atomic E-state index is 13.3. The minimum Gasteiger partial charge on any atom is -0.492 e. The Bertz CT molecular complexity index is 1070. The van der Waals surface area contributed by atoms with E-state index in [9.17, 15) is 4.79 Å². The van der Waals surface area contributed by atoms with Crippen LogP contribution in [-0.2, 0) is 12.5 Å². The summed E-state index contributed by atoms with van der Waals surface area (Å²) in [5.41, 5.74) is 2.63. The Kier molecular flexibility index (Phi) is 2.94. The van der Waals surface area contributed by atoms with Crippen LogP contribution in [0.25, 0.3) is 10.9 Å². The zero-order valence-electron chi connectivity index (χ0n) is 14.1. The second-order valence-electron chi connectivity index (χ2n) is 7.17. The summed E-state index contributed by atoms with van der Waals surface area (Å²) < 4.78 is 7.85. The van der Waals surface area contributed by atoms with Gasteiger partial charge in [-0.05, 0) is 29.7 Å². The first-order chi connectivity index (χ1) is 12.1. The van der Waals surface area contributed by atoms with Gasteiger partial charge in [-0.3, -0.25) is 4.79 Å². The number of halogens is 1. The molecule has 1 aliphatic heterocycles. The van der Waals surface area contributed by atoms with Gasteiger partial charge in [0.25, 0.3) is 5.56 Å². The molecule has 0 spiro atoms. The van der Waals surface area contributed by atoms with Crippen LogP contribution in [0.1, 0.15) is 18.1 Å². The first-order valence-corrected chi connectivity index (χ1v) is 8.95. The first kappa shape index (κ1) is 15.0. The van der Waals surface area contributed by atoms with Crippen LogP contribution in [0.3, 0.4) is 0 Å². The molecular weight excluding hydrogens is 334 g/mol. The average molecular weight is 352 g/mol. The summed E-state index contributed by atoms with van der Waals surface area (Å²) >= 11 is 6.24. The van der Waals surface area contributed by atoms with E-state index < -0.39 is 0 Å². The van der Waals surface area contributed by atoms with E-state index in [1.807, 2.05) is 43.4 Å². The maximum Gasteiger partial charge on any atom is 0.258 e. The zero-order chi connectivity index (χ0) is 17.3. The van der Waals surface area contributed by atoms with Gasteiger partial charge >= 0.3 is 0 Å². The first-order valence-electron chi connectivity index (χ1n) is 8.58. The highest BCUT2D eigenvalue weighted by molar-refractivity contribution is 6.31. The average Bonchev–Trinajstić information content (AvgIpc) is 3.25. The van der Waals surface area contributed by atoms with Crippen LogP contribution in [0.4, 0.5) is 0 Å². The quantitative estimate of drug-likeness (QED) is 0.660. The molecule has 0 N–H and O–H groups in total. The van der Waals surface area contributed by atoms with E-state index in [4.69, 9.17) is 16.3 Å². The molecule has 2 aromatic carbocycles. The van der Waals surface area contributed by atoms with Gasteiger partial charge in [0.15, 0.2) is 0 Å². The van der Waals surface area contributed by atoms with E-state index in [1.54, 1.807) is 4.57 Å². The fourth-order valence-corrected chi connectivity index (χ4v) is 5.03. The topological polar surface area (TPSA) is 31.2 Å². The standard InChI is InChI=1S/C21H18ClNO2/c1-12-16-11-25-19-15-10-14(22)8-9-17(15)23(2)20(24)18(19)21(12,16)13-6-4-3-5-7-13/h3-10,12,16H,11H2,1-2H3/t12-,16-,21-/m0/s1. The van der Waals surface area contributed by atoms with Gasteiger partial charge in [-0.15, -0.1) is 0 Å². The molecule has 3 nitrogen and oxygen atoms in total. The van der Waals surface area contributed by atoms with Crippen molar-refractivity contribution in [2.75, 3.05) is 6.61 Å². The van der Waals surface area contributed by atoms with Gasteiger partial charge in [0, 0.05) is 28.8 Å². The summed E-state index contributed by atoms with van der Waals surface area (Å²) in [5, 5.41) is 1.56. The van der Waals surface area contributed by atoms with E-state index in [0.29, 0.717) is 29.2 Å². The molecule has 25 heavy (non-hydrogen) atoms. The van der Waals surface area contributed by atoms with Crippen molar-refractivity contribution in [3.8, 4) is 5.75 Å². The number of aryl methyl sites for hydroxylation is 1. The molecular formula is C21H18ClNO2. The Labute approximate surface area is 150 Å². The van der Waals surface area contributed by atoms with Crippen LogP contribution in [-0.4, -0.2) is 11.2 Å². The van der Waals surface area contributed by atoms with E-state index >= 15 is 0 Å². The van der Waals surface area contributed by atoms with Crippen molar-refractivity contribution >= 4 is 22.5 Å². The van der Waals surface area contributed by atoms with Gasteiger partial charge in [0.1, 0.15) is 5.75 Å². The van der Waals surface area contributed by atoms with Gasteiger partial charge in [-0.25, -0.2) is 0 Å². The molecule has 2 aliphatic rings. The number of hydrogen-bond donors (Lipinski definition) is 0. The number of aromatic nitrogens is 1. The van der Waals surface area contributed by atoms with E-state index in [2.05, 4.69) is 19.1 Å². The number of rotatable bonds is 1. The van der Waals surface area contributed by atoms with Gasteiger partial charge in [-0.1, -0.05) is 48.9 Å². The zero-order valence-corrected chi connectivity index (χ0v) is 14.9. The molecule has 3 atom stereocenters. The minimum atomic E-state index is -0.250. The molecule has 0 bridgehead atoms. The molecule has 126 valence electrons. The lowest BCUT2D eigenvalue weighted by molar-refractivity contribution is 0.267. The fourth-order valence-electron chi connectivity index (χ4n) is 4.85. The SMILES string of the molecule is C[C@H]1[C@@H]2COc3c(c(=O)n(C)c4ccc(Cl)cc34)[C@]12c1ccccc1. The number of hydrogen-bond acceptors (Lipinski definition) is 2. The fraction of sp³-hybridized carbons (Fsp3) is 0.286. The molecule has 0 amide bonds. The van der Waals surface area contributed by atoms with Crippen molar-refractivity contribution < 1.29 is 4.74 Å². The molecule has 1 fully saturated rings. The third kappa shape index (κ3) is 1.74. The van der Waals surface area contributed by atoms with E-state index in [-0.39, 0.29) is 11.0 Å². The third-order valence-electron chi connectivity index (χ3n) is 6.18. The normalized spacial score (nSPS) is 26.7. The minimum absolute atomic E-state index is 0.0303. The molecule has 1 aromatic heterocycles. The summed E-state index contributed by atoms with van der Waals surface area (Å²) in [7, 11) is 1.83. The highest BCUT2D eigenvalue weighted by atomic mass is 35.5. The van der Waals surface area contributed by atoms with Crippen molar-refractivity contribution in [2.24, 2.45) is 18.9 Å². The monoisotopic (exact) mass is 351 g/mol. The van der Waals surface area contributed by atoms with Gasteiger partial charge in [0.2, 0.25) is 0 Å². The Balaban J connectivity index is 1.92.